The van der Waals surface area contributed by atoms with Gasteiger partial charge in [-0.05, 0) is 36.5 Å². The van der Waals surface area contributed by atoms with Crippen LogP contribution in [0.2, 0.25) is 0 Å². The number of methoxy groups -OCH3 is 1. The lowest BCUT2D eigenvalue weighted by atomic mass is 9.75. The number of hydrogen-bond acceptors (Lipinski definition) is 5. The Bertz CT molecular complexity index is 930. The molecule has 6 heteroatoms. The van der Waals surface area contributed by atoms with E-state index in [-0.39, 0.29) is 24.0 Å². The highest BCUT2D eigenvalue weighted by Gasteiger charge is 2.36. The number of aromatic nitrogens is 1. The molecular weight excluding hydrogens is 332 g/mol. The van der Waals surface area contributed by atoms with Crippen LogP contribution in [0, 0.1) is 5.92 Å². The SMILES string of the molecule is COc1cncc(C(NC(=O)c2coc3ccccc23)C2CC(O)C2)c1. The second-order valence-electron chi connectivity index (χ2n) is 6.64. The number of nitrogens with one attached hydrogen (secondary N) is 1. The van der Waals surface area contributed by atoms with E-state index in [0.717, 1.165) is 10.9 Å². The number of benzene rings is 1. The number of furan rings is 1. The lowest BCUT2D eigenvalue weighted by molar-refractivity contribution is 0.0234. The van der Waals surface area contributed by atoms with Gasteiger partial charge >= 0.3 is 0 Å². The first kappa shape index (κ1) is 16.6. The normalized spacial score (nSPS) is 20.4. The van der Waals surface area contributed by atoms with Gasteiger partial charge in [0, 0.05) is 11.6 Å². The predicted molar refractivity (Wildman–Crippen MR) is 95.9 cm³/mol. The second kappa shape index (κ2) is 6.80. The zero-order valence-corrected chi connectivity index (χ0v) is 14.4. The largest absolute Gasteiger partial charge is 0.495 e. The van der Waals surface area contributed by atoms with Crippen molar-refractivity contribution in [2.75, 3.05) is 7.11 Å². The standard InChI is InChI=1S/C20H20N2O4/c1-25-15-8-13(9-21-10-15)19(12-6-14(23)7-12)22-20(24)17-11-26-18-5-3-2-4-16(17)18/h2-5,8-12,14,19,23H,6-7H2,1H3,(H,22,24). The van der Waals surface area contributed by atoms with Crippen LogP contribution in [0.15, 0.2) is 53.4 Å². The van der Waals surface area contributed by atoms with Crippen molar-refractivity contribution in [2.24, 2.45) is 5.92 Å². The van der Waals surface area contributed by atoms with E-state index in [1.54, 1.807) is 19.5 Å². The van der Waals surface area contributed by atoms with Crippen molar-refractivity contribution in [1.29, 1.82) is 0 Å². The first-order valence-corrected chi connectivity index (χ1v) is 8.60. The highest BCUT2D eigenvalue weighted by Crippen LogP contribution is 2.39. The van der Waals surface area contributed by atoms with E-state index in [2.05, 4.69) is 10.3 Å². The average Bonchev–Trinajstić information content (AvgIpc) is 3.08. The molecule has 0 spiro atoms. The number of fused-ring (bicyclic) bond motifs is 1. The van der Waals surface area contributed by atoms with Gasteiger partial charge in [-0.25, -0.2) is 0 Å². The van der Waals surface area contributed by atoms with Gasteiger partial charge in [0.15, 0.2) is 0 Å². The Morgan fingerprint density at radius 1 is 1.35 bits per heavy atom. The molecule has 4 rings (SSSR count). The van der Waals surface area contributed by atoms with Crippen LogP contribution in [0.4, 0.5) is 0 Å². The first-order chi connectivity index (χ1) is 12.7. The molecule has 26 heavy (non-hydrogen) atoms. The van der Waals surface area contributed by atoms with Crippen LogP contribution in [0.25, 0.3) is 11.0 Å². The molecule has 2 aromatic heterocycles. The molecule has 3 aromatic rings. The summed E-state index contributed by atoms with van der Waals surface area (Å²) in [6.45, 7) is 0. The number of amides is 1. The Kier molecular flexibility index (Phi) is 4.34. The zero-order valence-electron chi connectivity index (χ0n) is 14.4. The quantitative estimate of drug-likeness (QED) is 0.737. The molecule has 1 fully saturated rings. The fraction of sp³-hybridized carbons (Fsp3) is 0.300. The number of rotatable bonds is 5. The maximum atomic E-state index is 12.9. The molecule has 1 aliphatic rings. The van der Waals surface area contributed by atoms with E-state index in [1.165, 1.54) is 6.26 Å². The third kappa shape index (κ3) is 3.04. The summed E-state index contributed by atoms with van der Waals surface area (Å²) in [6, 6.07) is 9.06. The summed E-state index contributed by atoms with van der Waals surface area (Å²) in [7, 11) is 1.58. The van der Waals surface area contributed by atoms with Crippen LogP contribution in [-0.4, -0.2) is 29.2 Å². The van der Waals surface area contributed by atoms with Crippen LogP contribution >= 0.6 is 0 Å². The maximum Gasteiger partial charge on any atom is 0.255 e. The van der Waals surface area contributed by atoms with E-state index < -0.39 is 0 Å². The van der Waals surface area contributed by atoms with Gasteiger partial charge < -0.3 is 19.6 Å². The molecule has 1 unspecified atom stereocenters. The van der Waals surface area contributed by atoms with E-state index >= 15 is 0 Å². The van der Waals surface area contributed by atoms with Crippen molar-refractivity contribution >= 4 is 16.9 Å². The van der Waals surface area contributed by atoms with Gasteiger partial charge in [0.1, 0.15) is 17.6 Å². The molecule has 1 atom stereocenters. The van der Waals surface area contributed by atoms with E-state index in [4.69, 9.17) is 9.15 Å². The molecule has 2 heterocycles. The number of para-hydroxylation sites is 1. The minimum atomic E-state index is -0.312. The van der Waals surface area contributed by atoms with Gasteiger partial charge in [0.25, 0.3) is 5.91 Å². The van der Waals surface area contributed by atoms with Crippen LogP contribution in [0.5, 0.6) is 5.75 Å². The zero-order chi connectivity index (χ0) is 18.1. The Balaban J connectivity index is 1.63. The van der Waals surface area contributed by atoms with Crippen molar-refractivity contribution in [1.82, 2.24) is 10.3 Å². The Morgan fingerprint density at radius 2 is 2.15 bits per heavy atom. The minimum absolute atomic E-state index is 0.154. The predicted octanol–water partition coefficient (Wildman–Crippen LogP) is 3.08. The smallest absolute Gasteiger partial charge is 0.255 e. The molecule has 0 aliphatic heterocycles. The van der Waals surface area contributed by atoms with Crippen LogP contribution < -0.4 is 10.1 Å². The third-order valence-electron chi connectivity index (χ3n) is 4.96. The van der Waals surface area contributed by atoms with Crippen molar-refractivity contribution in [3.63, 3.8) is 0 Å². The maximum absolute atomic E-state index is 12.9. The van der Waals surface area contributed by atoms with E-state index in [1.807, 2.05) is 30.3 Å². The van der Waals surface area contributed by atoms with Gasteiger partial charge in [0.05, 0.1) is 31.0 Å². The number of aliphatic hydroxyl groups is 1. The van der Waals surface area contributed by atoms with E-state index in [0.29, 0.717) is 29.7 Å². The minimum Gasteiger partial charge on any atom is -0.495 e. The fourth-order valence-corrected chi connectivity index (χ4v) is 3.47. The molecule has 1 amide bonds. The van der Waals surface area contributed by atoms with Crippen LogP contribution in [0.3, 0.4) is 0 Å². The molecule has 1 saturated carbocycles. The molecular formula is C20H20N2O4. The van der Waals surface area contributed by atoms with Gasteiger partial charge in [-0.3, -0.25) is 9.78 Å². The summed E-state index contributed by atoms with van der Waals surface area (Å²) in [6.07, 6.45) is 5.82. The number of ether oxygens (including phenoxy) is 1. The first-order valence-electron chi connectivity index (χ1n) is 8.60. The second-order valence-corrected chi connectivity index (χ2v) is 6.64. The number of hydrogen-bond donors (Lipinski definition) is 2. The molecule has 134 valence electrons. The molecule has 0 saturated heterocycles. The highest BCUT2D eigenvalue weighted by atomic mass is 16.5. The lowest BCUT2D eigenvalue weighted by Gasteiger charge is -2.38. The van der Waals surface area contributed by atoms with Gasteiger partial charge in [-0.15, -0.1) is 0 Å². The van der Waals surface area contributed by atoms with Gasteiger partial charge in [-0.1, -0.05) is 18.2 Å². The van der Waals surface area contributed by atoms with Gasteiger partial charge in [-0.2, -0.15) is 0 Å². The molecule has 6 nitrogen and oxygen atoms in total. The van der Waals surface area contributed by atoms with Crippen LogP contribution in [-0.2, 0) is 0 Å². The molecule has 1 aliphatic carbocycles. The summed E-state index contributed by atoms with van der Waals surface area (Å²) >= 11 is 0. The Labute approximate surface area is 150 Å². The van der Waals surface area contributed by atoms with Crippen molar-refractivity contribution in [3.05, 3.63) is 60.1 Å². The van der Waals surface area contributed by atoms with Crippen molar-refractivity contribution < 1.29 is 19.1 Å². The average molecular weight is 352 g/mol. The number of nitrogens with zero attached hydrogens (tertiary/aromatic N) is 1. The third-order valence-corrected chi connectivity index (χ3v) is 4.96. The summed E-state index contributed by atoms with van der Waals surface area (Å²) in [4.78, 5) is 17.1. The number of carbonyl (C=O) groups excluding carboxylic acids is 1. The Morgan fingerprint density at radius 3 is 2.92 bits per heavy atom. The molecule has 0 radical (unpaired) electrons. The lowest BCUT2D eigenvalue weighted by Crippen LogP contribution is -2.41. The summed E-state index contributed by atoms with van der Waals surface area (Å²) in [5.41, 5.74) is 2.04. The summed E-state index contributed by atoms with van der Waals surface area (Å²) in [5.74, 6) is 0.584. The topological polar surface area (TPSA) is 84.6 Å². The number of carbonyl (C=O) groups is 1. The highest BCUT2D eigenvalue weighted by molar-refractivity contribution is 6.06. The molecule has 1 aromatic carbocycles. The number of aliphatic hydroxyl groups excluding tert-OH is 1. The van der Waals surface area contributed by atoms with Crippen molar-refractivity contribution in [2.45, 2.75) is 25.0 Å². The molecule has 0 bridgehead atoms. The summed E-state index contributed by atoms with van der Waals surface area (Å²) in [5, 5.41) is 13.6. The van der Waals surface area contributed by atoms with E-state index in [9.17, 15) is 9.90 Å². The van der Waals surface area contributed by atoms with Gasteiger partial charge in [0.2, 0.25) is 0 Å². The Hall–Kier alpha value is -2.86. The fourth-order valence-electron chi connectivity index (χ4n) is 3.47. The van der Waals surface area contributed by atoms with Crippen LogP contribution in [0.1, 0.15) is 34.8 Å². The monoisotopic (exact) mass is 352 g/mol. The number of pyridine rings is 1. The molecule has 2 N–H and O–H groups in total. The summed E-state index contributed by atoms with van der Waals surface area (Å²) < 4.78 is 10.7. The van der Waals surface area contributed by atoms with Crippen molar-refractivity contribution in [3.8, 4) is 5.75 Å².